The number of alkyl halides is 3. The van der Waals surface area contributed by atoms with Gasteiger partial charge < -0.3 is 0 Å². The first-order valence-electron chi connectivity index (χ1n) is 6.44. The van der Waals surface area contributed by atoms with Crippen LogP contribution in [0.2, 0.25) is 0 Å². The number of allylic oxidation sites excluding steroid dienone is 1. The van der Waals surface area contributed by atoms with Gasteiger partial charge in [0, 0.05) is 5.54 Å². The van der Waals surface area contributed by atoms with Gasteiger partial charge in [-0.25, -0.2) is 0 Å². The van der Waals surface area contributed by atoms with E-state index < -0.39 is 11.7 Å². The van der Waals surface area contributed by atoms with Crippen molar-refractivity contribution < 1.29 is 13.2 Å². The van der Waals surface area contributed by atoms with Crippen molar-refractivity contribution in [1.29, 1.82) is 0 Å². The number of halogens is 4. The second-order valence-electron chi connectivity index (χ2n) is 5.05. The van der Waals surface area contributed by atoms with E-state index in [0.717, 1.165) is 31.2 Å². The van der Waals surface area contributed by atoms with E-state index in [1.807, 2.05) is 6.08 Å². The molecule has 1 aliphatic carbocycles. The number of benzene rings is 1. The zero-order valence-electron chi connectivity index (χ0n) is 10.5. The number of hydrogen-bond acceptors (Lipinski definition) is 0. The fourth-order valence-corrected chi connectivity index (χ4v) is 2.90. The molecule has 0 aliphatic heterocycles. The van der Waals surface area contributed by atoms with Crippen LogP contribution in [0.25, 0.3) is 0 Å². The molecule has 2 rings (SSSR count). The van der Waals surface area contributed by atoms with Crippen molar-refractivity contribution in [2.24, 2.45) is 5.92 Å². The van der Waals surface area contributed by atoms with Crippen LogP contribution in [-0.4, -0.2) is 0 Å². The highest BCUT2D eigenvalue weighted by Gasteiger charge is 2.30. The quantitative estimate of drug-likeness (QED) is 0.652. The van der Waals surface area contributed by atoms with Gasteiger partial charge in [0.1, 0.15) is 0 Å². The van der Waals surface area contributed by atoms with Crippen LogP contribution in [0, 0.1) is 5.92 Å². The van der Waals surface area contributed by atoms with Gasteiger partial charge in [-0.3, -0.25) is 0 Å². The summed E-state index contributed by atoms with van der Waals surface area (Å²) in [5.41, 5.74) is 2.00. The zero-order valence-corrected chi connectivity index (χ0v) is 11.2. The highest BCUT2D eigenvalue weighted by atomic mass is 35.5. The average Bonchev–Trinajstić information content (AvgIpc) is 2.39. The van der Waals surface area contributed by atoms with Crippen molar-refractivity contribution in [2.75, 3.05) is 0 Å². The van der Waals surface area contributed by atoms with Crippen LogP contribution in [0.3, 0.4) is 0 Å². The third kappa shape index (κ3) is 3.75. The predicted octanol–water partition coefficient (Wildman–Crippen LogP) is 5.73. The Bertz CT molecular complexity index is 426. The summed E-state index contributed by atoms with van der Waals surface area (Å²) in [6.07, 6.45) is 1.88. The first-order valence-corrected chi connectivity index (χ1v) is 6.88. The Labute approximate surface area is 116 Å². The Hall–Kier alpha value is -0.960. The van der Waals surface area contributed by atoms with Crippen molar-refractivity contribution in [1.82, 2.24) is 0 Å². The highest BCUT2D eigenvalue weighted by Crippen LogP contribution is 2.37. The molecule has 0 spiro atoms. The molecule has 0 aromatic heterocycles. The molecular formula is C15H16ClF3. The largest absolute Gasteiger partial charge is 0.416 e. The highest BCUT2D eigenvalue weighted by molar-refractivity contribution is 6.25. The van der Waals surface area contributed by atoms with Gasteiger partial charge in [0.15, 0.2) is 0 Å². The van der Waals surface area contributed by atoms with Crippen LogP contribution in [0.1, 0.15) is 42.7 Å². The first-order chi connectivity index (χ1) is 9.00. The van der Waals surface area contributed by atoms with Gasteiger partial charge in [-0.1, -0.05) is 29.8 Å². The monoisotopic (exact) mass is 288 g/mol. The fraction of sp³-hybridized carbons (Fsp3) is 0.467. The zero-order chi connectivity index (χ0) is 13.9. The molecular weight excluding hydrogens is 273 g/mol. The molecule has 0 atom stereocenters. The van der Waals surface area contributed by atoms with Crippen molar-refractivity contribution in [3.63, 3.8) is 0 Å². The second-order valence-corrected chi connectivity index (χ2v) is 5.30. The summed E-state index contributed by atoms with van der Waals surface area (Å²) in [4.78, 5) is 0. The molecule has 1 fully saturated rings. The van der Waals surface area contributed by atoms with Crippen LogP contribution in [0.5, 0.6) is 0 Å². The lowest BCUT2D eigenvalue weighted by Crippen LogP contribution is -2.12. The Kier molecular flexibility index (Phi) is 4.56. The fourth-order valence-electron chi connectivity index (χ4n) is 2.69. The van der Waals surface area contributed by atoms with Crippen molar-refractivity contribution in [2.45, 2.75) is 37.8 Å². The van der Waals surface area contributed by atoms with Crippen molar-refractivity contribution in [3.8, 4) is 0 Å². The van der Waals surface area contributed by atoms with E-state index >= 15 is 0 Å². The SMILES string of the molecule is FC(F)(F)c1ccc([C@H]2CC[C@H](/C=C/Cl)CC2)cc1. The summed E-state index contributed by atoms with van der Waals surface area (Å²) >= 11 is 5.56. The van der Waals surface area contributed by atoms with Gasteiger partial charge >= 0.3 is 6.18 Å². The molecule has 0 radical (unpaired) electrons. The summed E-state index contributed by atoms with van der Waals surface area (Å²) in [6.45, 7) is 0. The number of hydrogen-bond donors (Lipinski definition) is 0. The van der Waals surface area contributed by atoms with E-state index in [0.29, 0.717) is 11.8 Å². The van der Waals surface area contributed by atoms with Crippen LogP contribution >= 0.6 is 11.6 Å². The summed E-state index contributed by atoms with van der Waals surface area (Å²) < 4.78 is 37.4. The molecule has 1 aromatic rings. The Morgan fingerprint density at radius 3 is 2.05 bits per heavy atom. The topological polar surface area (TPSA) is 0 Å². The molecule has 0 heterocycles. The number of rotatable bonds is 2. The molecule has 0 unspecified atom stereocenters. The lowest BCUT2D eigenvalue weighted by molar-refractivity contribution is -0.137. The molecule has 104 valence electrons. The molecule has 4 heteroatoms. The van der Waals surface area contributed by atoms with Gasteiger partial charge in [0.25, 0.3) is 0 Å². The van der Waals surface area contributed by atoms with E-state index in [9.17, 15) is 13.2 Å². The van der Waals surface area contributed by atoms with Crippen LogP contribution in [-0.2, 0) is 6.18 Å². The minimum absolute atomic E-state index is 0.377. The molecule has 19 heavy (non-hydrogen) atoms. The molecule has 0 N–H and O–H groups in total. The van der Waals surface area contributed by atoms with Crippen LogP contribution < -0.4 is 0 Å². The minimum Gasteiger partial charge on any atom is -0.166 e. The molecule has 1 aliphatic rings. The molecule has 0 saturated heterocycles. The van der Waals surface area contributed by atoms with Crippen molar-refractivity contribution >= 4 is 11.6 Å². The molecule has 0 nitrogen and oxygen atoms in total. The third-order valence-electron chi connectivity index (χ3n) is 3.83. The Balaban J connectivity index is 2.00. The van der Waals surface area contributed by atoms with E-state index in [-0.39, 0.29) is 0 Å². The van der Waals surface area contributed by atoms with Crippen LogP contribution in [0.4, 0.5) is 13.2 Å². The summed E-state index contributed by atoms with van der Waals surface area (Å²) in [5, 5.41) is 0. The maximum Gasteiger partial charge on any atom is 0.416 e. The Morgan fingerprint density at radius 1 is 1.00 bits per heavy atom. The van der Waals surface area contributed by atoms with E-state index in [1.54, 1.807) is 17.7 Å². The first kappa shape index (κ1) is 14.4. The summed E-state index contributed by atoms with van der Waals surface area (Å²) in [5.74, 6) is 0.894. The molecule has 1 saturated carbocycles. The van der Waals surface area contributed by atoms with Gasteiger partial charge in [0.05, 0.1) is 5.56 Å². The average molecular weight is 289 g/mol. The lowest BCUT2D eigenvalue weighted by atomic mass is 9.78. The van der Waals surface area contributed by atoms with Gasteiger partial charge in [0.2, 0.25) is 0 Å². The lowest BCUT2D eigenvalue weighted by Gasteiger charge is -2.27. The molecule has 0 amide bonds. The summed E-state index contributed by atoms with van der Waals surface area (Å²) in [6, 6.07) is 5.59. The molecule has 0 bridgehead atoms. The van der Waals surface area contributed by atoms with E-state index in [1.165, 1.54) is 12.1 Å². The van der Waals surface area contributed by atoms with E-state index in [4.69, 9.17) is 11.6 Å². The van der Waals surface area contributed by atoms with Gasteiger partial charge in [-0.15, -0.1) is 0 Å². The normalized spacial score (nSPS) is 24.8. The van der Waals surface area contributed by atoms with E-state index in [2.05, 4.69) is 0 Å². The van der Waals surface area contributed by atoms with Gasteiger partial charge in [-0.2, -0.15) is 13.2 Å². The predicted molar refractivity (Wildman–Crippen MR) is 71.1 cm³/mol. The minimum atomic E-state index is -4.25. The smallest absolute Gasteiger partial charge is 0.166 e. The van der Waals surface area contributed by atoms with Crippen LogP contribution in [0.15, 0.2) is 35.9 Å². The molecule has 1 aromatic carbocycles. The summed E-state index contributed by atoms with van der Waals surface area (Å²) in [7, 11) is 0. The maximum absolute atomic E-state index is 12.5. The van der Waals surface area contributed by atoms with Gasteiger partial charge in [-0.05, 0) is 55.2 Å². The standard InChI is InChI=1S/C15H16ClF3/c16-10-9-11-1-3-12(4-2-11)13-5-7-14(8-6-13)15(17,18)19/h5-12H,1-4H2/b10-9+/t11-,12-. The second kappa shape index (κ2) is 6.00. The maximum atomic E-state index is 12.5. The van der Waals surface area contributed by atoms with Crippen molar-refractivity contribution in [3.05, 3.63) is 47.0 Å². The Morgan fingerprint density at radius 2 is 1.58 bits per heavy atom. The third-order valence-corrected chi connectivity index (χ3v) is 3.97.